The molecule has 0 amide bonds. The SMILES string of the molecule is [CH2]c1ccccc1N(CCCCCCCC)c1c([CH2])cccc1CCCCCCCC. The number of benzene rings is 2. The fraction of sp³-hybridized carbons (Fsp3) is 0.533. The second kappa shape index (κ2) is 15.1. The third kappa shape index (κ3) is 8.71. The summed E-state index contributed by atoms with van der Waals surface area (Å²) in [5, 5.41) is 0. The number of anilines is 2. The van der Waals surface area contributed by atoms with Crippen LogP contribution >= 0.6 is 0 Å². The van der Waals surface area contributed by atoms with E-state index in [0.717, 1.165) is 24.1 Å². The number of hydrogen-bond acceptors (Lipinski definition) is 1. The lowest BCUT2D eigenvalue weighted by Crippen LogP contribution is -2.22. The van der Waals surface area contributed by atoms with Gasteiger partial charge in [-0.3, -0.25) is 0 Å². The smallest absolute Gasteiger partial charge is 0.0476 e. The first-order chi connectivity index (χ1) is 15.2. The van der Waals surface area contributed by atoms with Crippen LogP contribution in [0.4, 0.5) is 11.4 Å². The highest BCUT2D eigenvalue weighted by Crippen LogP contribution is 2.35. The Hall–Kier alpha value is -1.76. The molecule has 0 unspecified atom stereocenters. The molecule has 31 heavy (non-hydrogen) atoms. The van der Waals surface area contributed by atoms with Crippen molar-refractivity contribution in [1.29, 1.82) is 0 Å². The van der Waals surface area contributed by atoms with Crippen LogP contribution in [0, 0.1) is 13.8 Å². The number of para-hydroxylation sites is 2. The maximum Gasteiger partial charge on any atom is 0.0476 e. The maximum atomic E-state index is 4.43. The Labute approximate surface area is 193 Å². The molecule has 0 aliphatic carbocycles. The average molecular weight is 420 g/mol. The monoisotopic (exact) mass is 419 g/mol. The highest BCUT2D eigenvalue weighted by Gasteiger charge is 2.17. The van der Waals surface area contributed by atoms with Crippen LogP contribution in [0.5, 0.6) is 0 Å². The van der Waals surface area contributed by atoms with Crippen molar-refractivity contribution < 1.29 is 0 Å². The van der Waals surface area contributed by atoms with Gasteiger partial charge in [0.1, 0.15) is 0 Å². The lowest BCUT2D eigenvalue weighted by molar-refractivity contribution is 0.604. The first-order valence-corrected chi connectivity index (χ1v) is 12.8. The van der Waals surface area contributed by atoms with Gasteiger partial charge >= 0.3 is 0 Å². The molecule has 2 radical (unpaired) electrons. The van der Waals surface area contributed by atoms with Crippen molar-refractivity contribution in [2.24, 2.45) is 0 Å². The maximum absolute atomic E-state index is 4.43. The van der Waals surface area contributed by atoms with Gasteiger partial charge in [0.05, 0.1) is 0 Å². The third-order valence-electron chi connectivity index (χ3n) is 6.29. The zero-order chi connectivity index (χ0) is 22.3. The van der Waals surface area contributed by atoms with E-state index in [9.17, 15) is 0 Å². The van der Waals surface area contributed by atoms with E-state index in [-0.39, 0.29) is 0 Å². The Morgan fingerprint density at radius 2 is 1.19 bits per heavy atom. The van der Waals surface area contributed by atoms with Crippen LogP contribution in [0.25, 0.3) is 0 Å². The first-order valence-electron chi connectivity index (χ1n) is 12.8. The number of aryl methyl sites for hydroxylation is 1. The van der Waals surface area contributed by atoms with Crippen LogP contribution in [0.3, 0.4) is 0 Å². The van der Waals surface area contributed by atoms with Crippen molar-refractivity contribution >= 4 is 11.4 Å². The molecule has 0 saturated carbocycles. The molecule has 0 saturated heterocycles. The van der Waals surface area contributed by atoms with Crippen LogP contribution in [-0.2, 0) is 6.42 Å². The predicted octanol–water partition coefficient (Wildman–Crippen LogP) is 9.45. The van der Waals surface area contributed by atoms with E-state index < -0.39 is 0 Å². The number of rotatable bonds is 16. The van der Waals surface area contributed by atoms with E-state index in [4.69, 9.17) is 0 Å². The molecule has 0 atom stereocenters. The number of hydrogen-bond donors (Lipinski definition) is 0. The molecule has 1 heteroatoms. The number of unbranched alkanes of at least 4 members (excludes halogenated alkanes) is 10. The third-order valence-corrected chi connectivity index (χ3v) is 6.29. The molecule has 0 fully saturated rings. The molecular weight excluding hydrogens is 374 g/mol. The van der Waals surface area contributed by atoms with E-state index in [1.54, 1.807) is 0 Å². The lowest BCUT2D eigenvalue weighted by atomic mass is 9.98. The minimum Gasteiger partial charge on any atom is -0.341 e. The van der Waals surface area contributed by atoms with Gasteiger partial charge in [0.25, 0.3) is 0 Å². The molecule has 0 aliphatic rings. The van der Waals surface area contributed by atoms with Crippen molar-refractivity contribution in [3.05, 3.63) is 73.0 Å². The number of nitrogens with zero attached hydrogens (tertiary/aromatic N) is 1. The predicted molar refractivity (Wildman–Crippen MR) is 139 cm³/mol. The Morgan fingerprint density at radius 3 is 1.87 bits per heavy atom. The molecule has 0 aromatic heterocycles. The first kappa shape index (κ1) is 25.5. The Balaban J connectivity index is 2.15. The van der Waals surface area contributed by atoms with Gasteiger partial charge in [-0.25, -0.2) is 0 Å². The Kier molecular flexibility index (Phi) is 12.4. The normalized spacial score (nSPS) is 11.1. The Bertz CT molecular complexity index is 733. The molecule has 0 spiro atoms. The van der Waals surface area contributed by atoms with Gasteiger partial charge in [-0.1, -0.05) is 114 Å². The highest BCUT2D eigenvalue weighted by atomic mass is 15.1. The van der Waals surface area contributed by atoms with Gasteiger partial charge in [-0.05, 0) is 55.9 Å². The second-order valence-corrected chi connectivity index (χ2v) is 8.99. The summed E-state index contributed by atoms with van der Waals surface area (Å²) < 4.78 is 0. The summed E-state index contributed by atoms with van der Waals surface area (Å²) in [7, 11) is 0. The molecular formula is C30H45N. The van der Waals surface area contributed by atoms with E-state index in [1.165, 1.54) is 94.0 Å². The molecule has 0 heterocycles. The van der Waals surface area contributed by atoms with Crippen LogP contribution in [0.1, 0.15) is 108 Å². The molecule has 2 aromatic carbocycles. The fourth-order valence-electron chi connectivity index (χ4n) is 4.47. The van der Waals surface area contributed by atoms with E-state index in [0.29, 0.717) is 0 Å². The van der Waals surface area contributed by atoms with Crippen molar-refractivity contribution in [2.45, 2.75) is 97.3 Å². The summed E-state index contributed by atoms with van der Waals surface area (Å²) in [5.41, 5.74) is 6.23. The van der Waals surface area contributed by atoms with Crippen LogP contribution in [0.15, 0.2) is 42.5 Å². The topological polar surface area (TPSA) is 3.24 Å². The zero-order valence-electron chi connectivity index (χ0n) is 20.3. The summed E-state index contributed by atoms with van der Waals surface area (Å²) in [4.78, 5) is 2.51. The minimum absolute atomic E-state index is 1.04. The molecule has 2 aromatic rings. The largest absolute Gasteiger partial charge is 0.341 e. The van der Waals surface area contributed by atoms with Gasteiger partial charge in [-0.15, -0.1) is 0 Å². The minimum atomic E-state index is 1.04. The van der Waals surface area contributed by atoms with Crippen LogP contribution in [-0.4, -0.2) is 6.54 Å². The van der Waals surface area contributed by atoms with Crippen molar-refractivity contribution in [3.63, 3.8) is 0 Å². The van der Waals surface area contributed by atoms with Crippen LogP contribution < -0.4 is 4.90 Å². The lowest BCUT2D eigenvalue weighted by Gasteiger charge is -2.30. The zero-order valence-corrected chi connectivity index (χ0v) is 20.3. The molecule has 0 N–H and O–H groups in total. The summed E-state index contributed by atoms with van der Waals surface area (Å²) >= 11 is 0. The van der Waals surface area contributed by atoms with E-state index in [1.807, 2.05) is 0 Å². The fourth-order valence-corrected chi connectivity index (χ4v) is 4.47. The van der Waals surface area contributed by atoms with Gasteiger partial charge in [-0.2, -0.15) is 0 Å². The Morgan fingerprint density at radius 1 is 0.613 bits per heavy atom. The summed E-state index contributed by atoms with van der Waals surface area (Å²) in [6.07, 6.45) is 17.0. The van der Waals surface area contributed by atoms with E-state index in [2.05, 4.69) is 75.1 Å². The van der Waals surface area contributed by atoms with Crippen LogP contribution in [0.2, 0.25) is 0 Å². The summed E-state index contributed by atoms with van der Waals surface area (Å²) in [5.74, 6) is 0. The molecule has 170 valence electrons. The van der Waals surface area contributed by atoms with Gasteiger partial charge < -0.3 is 4.90 Å². The molecule has 1 nitrogen and oxygen atoms in total. The highest BCUT2D eigenvalue weighted by molar-refractivity contribution is 5.73. The molecule has 2 rings (SSSR count). The molecule has 0 bridgehead atoms. The van der Waals surface area contributed by atoms with Crippen molar-refractivity contribution in [1.82, 2.24) is 0 Å². The second-order valence-electron chi connectivity index (χ2n) is 8.99. The summed E-state index contributed by atoms with van der Waals surface area (Å²) in [6, 6.07) is 15.2. The van der Waals surface area contributed by atoms with Gasteiger partial charge in [0, 0.05) is 17.9 Å². The van der Waals surface area contributed by atoms with Gasteiger partial charge in [0.15, 0.2) is 0 Å². The van der Waals surface area contributed by atoms with Crippen molar-refractivity contribution in [2.75, 3.05) is 11.4 Å². The quantitative estimate of drug-likeness (QED) is 0.245. The molecule has 0 aliphatic heterocycles. The van der Waals surface area contributed by atoms with Crippen molar-refractivity contribution in [3.8, 4) is 0 Å². The van der Waals surface area contributed by atoms with Gasteiger partial charge in [0.2, 0.25) is 0 Å². The summed E-state index contributed by atoms with van der Waals surface area (Å²) in [6.45, 7) is 14.4. The van der Waals surface area contributed by atoms with E-state index >= 15 is 0 Å². The standard InChI is InChI=1S/C30H45N/c1-5-7-9-11-13-15-22-28-23-19-21-27(4)30(28)31(25-18-14-12-10-8-6-2)29-24-17-16-20-26(29)3/h16-17,19-21,23-24H,3-15,18,22,25H2,1-2H3. The average Bonchev–Trinajstić information content (AvgIpc) is 2.77.